The summed E-state index contributed by atoms with van der Waals surface area (Å²) in [6.45, 7) is -0.421. The molecule has 1 aromatic rings. The number of alkyl halides is 1. The Labute approximate surface area is 129 Å². The van der Waals surface area contributed by atoms with E-state index in [1.165, 1.54) is 12.3 Å². The third kappa shape index (κ3) is 5.88. The Bertz CT molecular complexity index is 640. The van der Waals surface area contributed by atoms with Gasteiger partial charge in [-0.1, -0.05) is 0 Å². The summed E-state index contributed by atoms with van der Waals surface area (Å²) < 4.78 is 39.0. The molecule has 1 fully saturated rings. The number of aromatic amines is 1. The van der Waals surface area contributed by atoms with Crippen LogP contribution in [-0.2, 0) is 14.3 Å². The van der Waals surface area contributed by atoms with E-state index < -0.39 is 45.4 Å². The number of rotatable bonds is 3. The number of nitrogens with two attached hydrogens (primary N) is 1. The highest BCUT2D eigenvalue weighted by Crippen LogP contribution is 2.37. The third-order valence-corrected chi connectivity index (χ3v) is 4.50. The molecule has 4 atom stereocenters. The Hall–Kier alpha value is -1.21. The number of halogens is 1. The van der Waals surface area contributed by atoms with Crippen LogP contribution in [0.1, 0.15) is 0 Å². The summed E-state index contributed by atoms with van der Waals surface area (Å²) >= 11 is 0.777. The molecule has 1 saturated heterocycles. The Morgan fingerprint density at radius 3 is 2.59 bits per heavy atom. The Morgan fingerprint density at radius 1 is 1.59 bits per heavy atom. The Morgan fingerprint density at radius 2 is 2.23 bits per heavy atom. The van der Waals surface area contributed by atoms with E-state index in [0.29, 0.717) is 0 Å². The molecule has 0 amide bonds. The van der Waals surface area contributed by atoms with Gasteiger partial charge in [0.1, 0.15) is 11.9 Å². The van der Waals surface area contributed by atoms with Crippen LogP contribution in [0.4, 0.5) is 10.2 Å². The van der Waals surface area contributed by atoms with E-state index in [4.69, 9.17) is 10.8 Å². The van der Waals surface area contributed by atoms with Crippen LogP contribution >= 0.6 is 11.8 Å². The first-order chi connectivity index (χ1) is 10.1. The molecule has 0 saturated carbocycles. The minimum Gasteiger partial charge on any atom is -0.395 e. The van der Waals surface area contributed by atoms with Crippen molar-refractivity contribution in [1.29, 1.82) is 0 Å². The molecule has 1 aliphatic rings. The molecule has 0 aromatic carbocycles. The van der Waals surface area contributed by atoms with Gasteiger partial charge >= 0.3 is 5.69 Å². The second kappa shape index (κ2) is 7.87. The summed E-state index contributed by atoms with van der Waals surface area (Å²) in [5.41, 5.74) is 3.45. The van der Waals surface area contributed by atoms with Crippen molar-refractivity contribution in [3.63, 3.8) is 0 Å². The van der Waals surface area contributed by atoms with Gasteiger partial charge in [-0.05, 0) is 6.07 Å². The first-order valence-electron chi connectivity index (χ1n) is 5.92. The predicted octanol–water partition coefficient (Wildman–Crippen LogP) is -1.55. The highest BCUT2D eigenvalue weighted by Gasteiger charge is 2.45. The number of anilines is 1. The van der Waals surface area contributed by atoms with Gasteiger partial charge < -0.3 is 20.9 Å². The molecule has 2 heterocycles. The lowest BCUT2D eigenvalue weighted by Crippen LogP contribution is -2.32. The van der Waals surface area contributed by atoms with Crippen LogP contribution in [0, 0.1) is 0 Å². The van der Waals surface area contributed by atoms with Gasteiger partial charge in [-0.25, -0.2) is 9.18 Å². The number of aliphatic hydroxyl groups excluding tert-OH is 2. The van der Waals surface area contributed by atoms with Crippen molar-refractivity contribution in [1.82, 2.24) is 9.97 Å². The van der Waals surface area contributed by atoms with E-state index in [-0.39, 0.29) is 5.82 Å². The fourth-order valence-corrected chi connectivity index (χ4v) is 3.59. The number of nitrogens with zero attached hydrogens (tertiary/aromatic N) is 1. The van der Waals surface area contributed by atoms with Gasteiger partial charge in [-0.15, -0.1) is 11.8 Å². The Balaban J connectivity index is 0.000000255. The monoisotopic (exact) mass is 357 g/mol. The molecule has 126 valence electrons. The maximum atomic E-state index is 13.2. The summed E-state index contributed by atoms with van der Waals surface area (Å²) in [5.74, 6) is 0.244. The summed E-state index contributed by atoms with van der Waals surface area (Å²) in [7, 11) is -3.75. The zero-order valence-electron chi connectivity index (χ0n) is 11.4. The van der Waals surface area contributed by atoms with Crippen molar-refractivity contribution in [3.05, 3.63) is 22.7 Å². The molecule has 1 aliphatic heterocycles. The predicted molar refractivity (Wildman–Crippen MR) is 78.4 cm³/mol. The molecule has 0 spiro atoms. The summed E-state index contributed by atoms with van der Waals surface area (Å²) in [6.07, 6.45) is -0.938. The number of thioether (sulfide) groups is 1. The highest BCUT2D eigenvalue weighted by atomic mass is 32.2. The van der Waals surface area contributed by atoms with Crippen LogP contribution in [-0.4, -0.2) is 64.4 Å². The van der Waals surface area contributed by atoms with Gasteiger partial charge in [0, 0.05) is 6.20 Å². The molecular weight excluding hydrogens is 341 g/mol. The van der Waals surface area contributed by atoms with Crippen molar-refractivity contribution < 1.29 is 27.2 Å². The molecule has 5 N–H and O–H groups in total. The number of H-pyrrole nitrogens is 1. The third-order valence-electron chi connectivity index (χ3n) is 2.42. The number of hydrogen-bond acceptors (Lipinski definition) is 9. The van der Waals surface area contributed by atoms with Gasteiger partial charge in [0.25, 0.3) is 10.1 Å². The van der Waals surface area contributed by atoms with Gasteiger partial charge in [0.05, 0.1) is 18.1 Å². The topological polar surface area (TPSA) is 156 Å². The first-order valence-corrected chi connectivity index (χ1v) is 8.68. The first kappa shape index (κ1) is 18.8. The fourth-order valence-electron chi connectivity index (χ4n) is 1.48. The minimum atomic E-state index is -3.75. The largest absolute Gasteiger partial charge is 0.395 e. The van der Waals surface area contributed by atoms with Gasteiger partial charge in [0.15, 0.2) is 11.6 Å². The van der Waals surface area contributed by atoms with Gasteiger partial charge in [-0.3, -0.25) is 4.18 Å². The summed E-state index contributed by atoms with van der Waals surface area (Å²) in [5, 5.41) is 17.2. The number of nitrogens with one attached hydrogen (secondary N) is 1. The van der Waals surface area contributed by atoms with Crippen LogP contribution in [0.15, 0.2) is 17.1 Å². The maximum absolute atomic E-state index is 13.2. The molecule has 0 aliphatic carbocycles. The van der Waals surface area contributed by atoms with E-state index in [2.05, 4.69) is 14.2 Å². The van der Waals surface area contributed by atoms with E-state index in [9.17, 15) is 22.7 Å². The van der Waals surface area contributed by atoms with E-state index in [0.717, 1.165) is 18.0 Å². The van der Waals surface area contributed by atoms with Crippen LogP contribution in [0.5, 0.6) is 0 Å². The van der Waals surface area contributed by atoms with Crippen LogP contribution in [0.2, 0.25) is 0 Å². The molecule has 9 nitrogen and oxygen atoms in total. The van der Waals surface area contributed by atoms with Crippen LogP contribution in [0.3, 0.4) is 0 Å². The molecule has 0 unspecified atom stereocenters. The maximum Gasteiger partial charge on any atom is 0.346 e. The van der Waals surface area contributed by atoms with Gasteiger partial charge in [-0.2, -0.15) is 13.4 Å². The zero-order valence-corrected chi connectivity index (χ0v) is 13.1. The zero-order chi connectivity index (χ0) is 16.9. The summed E-state index contributed by atoms with van der Waals surface area (Å²) in [4.78, 5) is 15.9. The lowest BCUT2D eigenvalue weighted by molar-refractivity contribution is 0.0422. The van der Waals surface area contributed by atoms with Crippen molar-refractivity contribution in [3.8, 4) is 0 Å². The second-order valence-corrected chi connectivity index (χ2v) is 7.22. The number of hydrogen-bond donors (Lipinski definition) is 4. The van der Waals surface area contributed by atoms with Crippen molar-refractivity contribution in [2.45, 2.75) is 23.0 Å². The molecule has 12 heteroatoms. The standard InChI is InChI=1S/C6H11FO5S2.C4H5N3O/c1-14(10,11)12-6-4(7)5(9)3(2-8)13-6;5-3-1-2-6-4(8)7-3/h3-6,8-9H,2H2,1H3;1-2H,(H3,5,6,7,8)/t3-,4+,5-,6-;/m1./s1. The number of aliphatic hydroxyl groups is 2. The van der Waals surface area contributed by atoms with Gasteiger partial charge in [0.2, 0.25) is 0 Å². The van der Waals surface area contributed by atoms with E-state index in [1.807, 2.05) is 0 Å². The molecule has 1 aromatic heterocycles. The van der Waals surface area contributed by atoms with Crippen molar-refractivity contribution in [2.24, 2.45) is 0 Å². The smallest absolute Gasteiger partial charge is 0.346 e. The quantitative estimate of drug-likeness (QED) is 0.470. The van der Waals surface area contributed by atoms with E-state index >= 15 is 0 Å². The molecule has 0 radical (unpaired) electrons. The van der Waals surface area contributed by atoms with Crippen molar-refractivity contribution >= 4 is 27.7 Å². The normalized spacial score (nSPS) is 28.0. The van der Waals surface area contributed by atoms with Crippen LogP contribution < -0.4 is 11.4 Å². The average Bonchev–Trinajstić information content (AvgIpc) is 2.65. The minimum absolute atomic E-state index is 0.244. The number of nitrogen functional groups attached to an aromatic ring is 1. The lowest BCUT2D eigenvalue weighted by Gasteiger charge is -2.11. The molecular formula is C10H16FN3O6S2. The fraction of sp³-hybridized carbons (Fsp3) is 0.600. The summed E-state index contributed by atoms with van der Waals surface area (Å²) in [6, 6.07) is 1.52. The SMILES string of the molecule is CS(=O)(=O)O[C@@H]1S[C@H](CO)[C@@H](O)[C@@H]1F.Nc1cc[nH]c(=O)n1. The molecule has 22 heavy (non-hydrogen) atoms. The van der Waals surface area contributed by atoms with Crippen LogP contribution in [0.25, 0.3) is 0 Å². The molecule has 0 bridgehead atoms. The van der Waals surface area contributed by atoms with E-state index in [1.54, 1.807) is 0 Å². The number of aromatic nitrogens is 2. The molecule has 2 rings (SSSR count). The Kier molecular flexibility index (Phi) is 6.74. The second-order valence-electron chi connectivity index (χ2n) is 4.28. The highest BCUT2D eigenvalue weighted by molar-refractivity contribution is 8.01. The van der Waals surface area contributed by atoms with Crippen molar-refractivity contribution in [2.75, 3.05) is 18.6 Å². The lowest BCUT2D eigenvalue weighted by atomic mass is 10.2. The average molecular weight is 357 g/mol.